The topological polar surface area (TPSA) is 107 Å². The van der Waals surface area contributed by atoms with Crippen molar-refractivity contribution >= 4 is 12.4 Å². The SMILES string of the molecule is CC(NC=O)(C(=O)O)c1cc(O)cc(O)c1. The van der Waals surface area contributed by atoms with E-state index in [1.165, 1.54) is 6.92 Å². The van der Waals surface area contributed by atoms with Gasteiger partial charge in [-0.05, 0) is 24.6 Å². The number of amides is 1. The van der Waals surface area contributed by atoms with Gasteiger partial charge in [0.2, 0.25) is 6.41 Å². The van der Waals surface area contributed by atoms with Crippen LogP contribution in [0.4, 0.5) is 0 Å². The Hall–Kier alpha value is -2.24. The molecule has 1 aromatic rings. The van der Waals surface area contributed by atoms with Crippen LogP contribution in [-0.4, -0.2) is 27.7 Å². The molecule has 1 aromatic carbocycles. The highest BCUT2D eigenvalue weighted by molar-refractivity contribution is 5.83. The highest BCUT2D eigenvalue weighted by Gasteiger charge is 2.35. The zero-order valence-electron chi connectivity index (χ0n) is 8.47. The third-order valence-corrected chi connectivity index (χ3v) is 2.26. The molecule has 0 saturated heterocycles. The quantitative estimate of drug-likeness (QED) is 0.545. The molecule has 4 N–H and O–H groups in total. The Morgan fingerprint density at radius 2 is 1.81 bits per heavy atom. The lowest BCUT2D eigenvalue weighted by atomic mass is 9.92. The first-order valence-electron chi connectivity index (χ1n) is 4.38. The van der Waals surface area contributed by atoms with Gasteiger partial charge in [0.1, 0.15) is 11.5 Å². The van der Waals surface area contributed by atoms with Gasteiger partial charge in [-0.3, -0.25) is 4.79 Å². The molecule has 0 aliphatic carbocycles. The van der Waals surface area contributed by atoms with E-state index in [9.17, 15) is 19.8 Å². The Morgan fingerprint density at radius 3 is 2.19 bits per heavy atom. The molecule has 0 aliphatic heterocycles. The van der Waals surface area contributed by atoms with Crippen LogP contribution in [0.5, 0.6) is 11.5 Å². The van der Waals surface area contributed by atoms with Gasteiger partial charge in [0.25, 0.3) is 0 Å². The van der Waals surface area contributed by atoms with Crippen molar-refractivity contribution in [3.8, 4) is 11.5 Å². The summed E-state index contributed by atoms with van der Waals surface area (Å²) in [5.74, 6) is -1.87. The molecule has 0 aliphatic rings. The first-order valence-corrected chi connectivity index (χ1v) is 4.38. The number of rotatable bonds is 4. The second-order valence-electron chi connectivity index (χ2n) is 3.43. The smallest absolute Gasteiger partial charge is 0.333 e. The predicted octanol–water partition coefficient (Wildman–Crippen LogP) is 0.144. The van der Waals surface area contributed by atoms with E-state index in [0.29, 0.717) is 0 Å². The molecule has 1 amide bonds. The number of carbonyl (C=O) groups is 2. The summed E-state index contributed by atoms with van der Waals surface area (Å²) >= 11 is 0. The highest BCUT2D eigenvalue weighted by Crippen LogP contribution is 2.28. The van der Waals surface area contributed by atoms with Crippen LogP contribution in [0.2, 0.25) is 0 Å². The molecule has 0 radical (unpaired) electrons. The summed E-state index contributed by atoms with van der Waals surface area (Å²) in [6.45, 7) is 1.25. The van der Waals surface area contributed by atoms with Gasteiger partial charge in [0.05, 0.1) is 0 Å². The van der Waals surface area contributed by atoms with Gasteiger partial charge in [0, 0.05) is 6.07 Å². The first kappa shape index (κ1) is 11.8. The molecule has 0 spiro atoms. The summed E-state index contributed by atoms with van der Waals surface area (Å²) < 4.78 is 0. The Balaban J connectivity index is 3.31. The molecule has 1 unspecified atom stereocenters. The van der Waals surface area contributed by atoms with Crippen molar-refractivity contribution in [3.63, 3.8) is 0 Å². The third kappa shape index (κ3) is 2.05. The van der Waals surface area contributed by atoms with Crippen molar-refractivity contribution in [1.29, 1.82) is 0 Å². The lowest BCUT2D eigenvalue weighted by Crippen LogP contribution is -2.45. The lowest BCUT2D eigenvalue weighted by molar-refractivity contribution is -0.145. The fourth-order valence-corrected chi connectivity index (χ4v) is 1.27. The summed E-state index contributed by atoms with van der Waals surface area (Å²) in [4.78, 5) is 21.4. The molecule has 0 fully saturated rings. The Bertz CT molecular complexity index is 411. The van der Waals surface area contributed by atoms with Crippen molar-refractivity contribution in [3.05, 3.63) is 23.8 Å². The standard InChI is InChI=1S/C10H11NO5/c1-10(9(15)16,11-5-12)6-2-7(13)4-8(14)3-6/h2-5,13-14H,1H3,(H,11,12)(H,15,16). The van der Waals surface area contributed by atoms with Crippen molar-refractivity contribution in [1.82, 2.24) is 5.32 Å². The summed E-state index contributed by atoms with van der Waals surface area (Å²) in [6, 6.07) is 3.38. The molecule has 0 saturated carbocycles. The van der Waals surface area contributed by atoms with Crippen LogP contribution in [0.1, 0.15) is 12.5 Å². The minimum absolute atomic E-state index is 0.0737. The number of nitrogens with one attached hydrogen (secondary N) is 1. The minimum atomic E-state index is -1.70. The number of carboxylic acid groups (broad SMARTS) is 1. The number of aromatic hydroxyl groups is 2. The number of carbonyl (C=O) groups excluding carboxylic acids is 1. The maximum Gasteiger partial charge on any atom is 0.333 e. The number of hydrogen-bond acceptors (Lipinski definition) is 4. The van der Waals surface area contributed by atoms with Crippen molar-refractivity contribution in [2.75, 3.05) is 0 Å². The van der Waals surface area contributed by atoms with E-state index >= 15 is 0 Å². The maximum absolute atomic E-state index is 11.0. The number of phenolic OH excluding ortho intramolecular Hbond substituents is 2. The molecule has 1 atom stereocenters. The second kappa shape index (κ2) is 4.09. The molecule has 16 heavy (non-hydrogen) atoms. The fourth-order valence-electron chi connectivity index (χ4n) is 1.27. The van der Waals surface area contributed by atoms with Crippen molar-refractivity contribution in [2.24, 2.45) is 0 Å². The van der Waals surface area contributed by atoms with Crippen LogP contribution in [0.25, 0.3) is 0 Å². The van der Waals surface area contributed by atoms with Crippen LogP contribution in [-0.2, 0) is 15.1 Å². The average Bonchev–Trinajstić information content (AvgIpc) is 2.16. The summed E-state index contributed by atoms with van der Waals surface area (Å²) in [5, 5.41) is 29.6. The second-order valence-corrected chi connectivity index (χ2v) is 3.43. The Labute approximate surface area is 91.1 Å². The minimum Gasteiger partial charge on any atom is -0.508 e. The van der Waals surface area contributed by atoms with Crippen molar-refractivity contribution < 1.29 is 24.9 Å². The molecule has 0 bridgehead atoms. The van der Waals surface area contributed by atoms with Crippen LogP contribution >= 0.6 is 0 Å². The number of aliphatic carboxylic acids is 1. The molecule has 86 valence electrons. The van der Waals surface area contributed by atoms with Gasteiger partial charge in [0.15, 0.2) is 5.54 Å². The van der Waals surface area contributed by atoms with Crippen LogP contribution in [0, 0.1) is 0 Å². The van der Waals surface area contributed by atoms with Crippen LogP contribution in [0.3, 0.4) is 0 Å². The molecule has 1 rings (SSSR count). The van der Waals surface area contributed by atoms with Gasteiger partial charge in [-0.15, -0.1) is 0 Å². The van der Waals surface area contributed by atoms with E-state index in [-0.39, 0.29) is 23.5 Å². The van der Waals surface area contributed by atoms with Gasteiger partial charge in [-0.2, -0.15) is 0 Å². The number of benzene rings is 1. The summed E-state index contributed by atoms with van der Waals surface area (Å²) in [5.41, 5.74) is -1.62. The Morgan fingerprint density at radius 1 is 1.31 bits per heavy atom. The molecular formula is C10H11NO5. The predicted molar refractivity (Wildman–Crippen MR) is 54.0 cm³/mol. The van der Waals surface area contributed by atoms with Crippen molar-refractivity contribution in [2.45, 2.75) is 12.5 Å². The Kier molecular flexibility index (Phi) is 3.03. The van der Waals surface area contributed by atoms with E-state index in [1.807, 2.05) is 0 Å². The number of hydrogen-bond donors (Lipinski definition) is 4. The van der Waals surface area contributed by atoms with E-state index in [0.717, 1.165) is 18.2 Å². The van der Waals surface area contributed by atoms with Crippen LogP contribution < -0.4 is 5.32 Å². The van der Waals surface area contributed by atoms with E-state index in [2.05, 4.69) is 5.32 Å². The van der Waals surface area contributed by atoms with Gasteiger partial charge in [-0.1, -0.05) is 0 Å². The summed E-state index contributed by atoms with van der Waals surface area (Å²) in [6.07, 6.45) is 0.245. The first-order chi connectivity index (χ1) is 7.40. The number of carboxylic acids is 1. The fraction of sp³-hybridized carbons (Fsp3) is 0.200. The van der Waals surface area contributed by atoms with E-state index in [1.54, 1.807) is 0 Å². The van der Waals surface area contributed by atoms with Gasteiger partial charge < -0.3 is 20.6 Å². The normalized spacial score (nSPS) is 13.8. The van der Waals surface area contributed by atoms with E-state index < -0.39 is 11.5 Å². The maximum atomic E-state index is 11.0. The molecule has 6 nitrogen and oxygen atoms in total. The monoisotopic (exact) mass is 225 g/mol. The molecule has 0 aromatic heterocycles. The van der Waals surface area contributed by atoms with Crippen LogP contribution in [0.15, 0.2) is 18.2 Å². The lowest BCUT2D eigenvalue weighted by Gasteiger charge is -2.24. The molecular weight excluding hydrogens is 214 g/mol. The highest BCUT2D eigenvalue weighted by atomic mass is 16.4. The largest absolute Gasteiger partial charge is 0.508 e. The molecule has 6 heteroatoms. The van der Waals surface area contributed by atoms with Gasteiger partial charge >= 0.3 is 5.97 Å². The number of phenols is 2. The van der Waals surface area contributed by atoms with Gasteiger partial charge in [-0.25, -0.2) is 4.79 Å². The zero-order valence-corrected chi connectivity index (χ0v) is 8.47. The average molecular weight is 225 g/mol. The summed E-state index contributed by atoms with van der Waals surface area (Å²) in [7, 11) is 0. The van der Waals surface area contributed by atoms with E-state index in [4.69, 9.17) is 5.11 Å². The third-order valence-electron chi connectivity index (χ3n) is 2.26. The zero-order chi connectivity index (χ0) is 12.3. The molecule has 0 heterocycles.